The van der Waals surface area contributed by atoms with Crippen LogP contribution in [0.25, 0.3) is 0 Å². The average molecular weight is 379 g/mol. The van der Waals surface area contributed by atoms with Crippen LogP contribution in [-0.4, -0.2) is 37.7 Å². The van der Waals surface area contributed by atoms with E-state index in [2.05, 4.69) is 39.8 Å². The summed E-state index contributed by atoms with van der Waals surface area (Å²) in [6, 6.07) is 0. The van der Waals surface area contributed by atoms with Gasteiger partial charge >= 0.3 is 5.97 Å². The van der Waals surface area contributed by atoms with Gasteiger partial charge in [0.05, 0.1) is 17.3 Å². The Hall–Kier alpha value is -1.59. The minimum Gasteiger partial charge on any atom is -0.467 e. The topological polar surface area (TPSA) is 57.3 Å². The Balaban J connectivity index is 1.77. The molecule has 0 amide bonds. The molecular formula is C22H34O5. The molecule has 0 radical (unpaired) electrons. The molecule has 27 heavy (non-hydrogen) atoms. The predicted molar refractivity (Wildman–Crippen MR) is 105 cm³/mol. The second-order valence-corrected chi connectivity index (χ2v) is 8.00. The Labute approximate surface area is 163 Å². The van der Waals surface area contributed by atoms with Crippen LogP contribution in [0.3, 0.4) is 0 Å². The van der Waals surface area contributed by atoms with Gasteiger partial charge in [-0.25, -0.2) is 4.79 Å². The van der Waals surface area contributed by atoms with Crippen molar-refractivity contribution in [1.82, 2.24) is 0 Å². The van der Waals surface area contributed by atoms with E-state index in [9.17, 15) is 4.79 Å². The number of rotatable bonds is 11. The van der Waals surface area contributed by atoms with E-state index < -0.39 is 0 Å². The SMILES string of the molecule is COCOC1=C(C)C(=O)OC1CC=C(C)CCC1OC1(C)CCC=C(C)C. The monoisotopic (exact) mass is 378 g/mol. The Bertz CT molecular complexity index is 627. The second kappa shape index (κ2) is 9.56. The van der Waals surface area contributed by atoms with Gasteiger partial charge in [0.15, 0.2) is 18.7 Å². The highest BCUT2D eigenvalue weighted by atomic mass is 16.7. The third-order valence-corrected chi connectivity index (χ3v) is 5.26. The van der Waals surface area contributed by atoms with Crippen molar-refractivity contribution in [3.05, 3.63) is 34.6 Å². The molecule has 0 aromatic rings. The number of allylic oxidation sites excluding steroid dienone is 3. The van der Waals surface area contributed by atoms with Gasteiger partial charge in [-0.05, 0) is 60.3 Å². The number of methoxy groups -OCH3 is 1. The zero-order valence-corrected chi connectivity index (χ0v) is 17.6. The maximum atomic E-state index is 11.8. The van der Waals surface area contributed by atoms with Gasteiger partial charge in [-0.2, -0.15) is 0 Å². The highest BCUT2D eigenvalue weighted by molar-refractivity contribution is 5.91. The summed E-state index contributed by atoms with van der Waals surface area (Å²) in [7, 11) is 1.56. The van der Waals surface area contributed by atoms with E-state index in [0.717, 1.165) is 25.7 Å². The normalized spacial score (nSPS) is 27.6. The number of hydrogen-bond acceptors (Lipinski definition) is 5. The minimum absolute atomic E-state index is 0.0359. The van der Waals surface area contributed by atoms with Gasteiger partial charge in [0.25, 0.3) is 0 Å². The van der Waals surface area contributed by atoms with Crippen LogP contribution in [-0.2, 0) is 23.7 Å². The average Bonchev–Trinajstić information content (AvgIpc) is 3.17. The molecule has 0 aromatic carbocycles. The number of carbonyl (C=O) groups excluding carboxylic acids is 1. The van der Waals surface area contributed by atoms with Gasteiger partial charge in [0.2, 0.25) is 0 Å². The number of carbonyl (C=O) groups is 1. The molecule has 0 spiro atoms. The zero-order chi connectivity index (χ0) is 20.0. The Morgan fingerprint density at radius 1 is 1.26 bits per heavy atom. The van der Waals surface area contributed by atoms with Gasteiger partial charge in [-0.3, -0.25) is 0 Å². The quantitative estimate of drug-likeness (QED) is 0.223. The van der Waals surface area contributed by atoms with E-state index in [1.165, 1.54) is 11.1 Å². The Morgan fingerprint density at radius 2 is 2.00 bits per heavy atom. The summed E-state index contributed by atoms with van der Waals surface area (Å²) in [6.07, 6.45) is 9.19. The lowest BCUT2D eigenvalue weighted by atomic mass is 9.96. The molecule has 1 saturated heterocycles. The number of epoxide rings is 1. The van der Waals surface area contributed by atoms with Crippen LogP contribution < -0.4 is 0 Å². The first-order chi connectivity index (χ1) is 12.8. The standard InChI is InChI=1S/C22H34O5/c1-15(2)8-7-13-22(5)19(27-22)12-10-16(3)9-11-18-20(25-14-24-6)17(4)21(23)26-18/h8-9,18-19H,7,10-14H2,1-6H3. The lowest BCUT2D eigenvalue weighted by molar-refractivity contribution is -0.140. The number of ether oxygens (including phenoxy) is 4. The summed E-state index contributed by atoms with van der Waals surface area (Å²) in [4.78, 5) is 11.8. The first kappa shape index (κ1) is 21.7. The second-order valence-electron chi connectivity index (χ2n) is 8.00. The fourth-order valence-electron chi connectivity index (χ4n) is 3.38. The predicted octanol–water partition coefficient (Wildman–Crippen LogP) is 4.83. The highest BCUT2D eigenvalue weighted by Crippen LogP contribution is 2.43. The molecule has 5 nitrogen and oxygen atoms in total. The van der Waals surface area contributed by atoms with Crippen molar-refractivity contribution < 1.29 is 23.7 Å². The molecule has 2 aliphatic heterocycles. The van der Waals surface area contributed by atoms with Crippen LogP contribution in [0, 0.1) is 0 Å². The van der Waals surface area contributed by atoms with Gasteiger partial charge in [0.1, 0.15) is 0 Å². The molecule has 0 bridgehead atoms. The molecule has 5 heteroatoms. The van der Waals surface area contributed by atoms with Crippen molar-refractivity contribution >= 4 is 5.97 Å². The number of esters is 1. The van der Waals surface area contributed by atoms with E-state index >= 15 is 0 Å². The number of hydrogen-bond donors (Lipinski definition) is 0. The fourth-order valence-corrected chi connectivity index (χ4v) is 3.38. The van der Waals surface area contributed by atoms with Crippen molar-refractivity contribution in [2.45, 2.75) is 84.5 Å². The van der Waals surface area contributed by atoms with E-state index in [0.29, 0.717) is 23.9 Å². The van der Waals surface area contributed by atoms with Gasteiger partial charge in [0, 0.05) is 13.5 Å². The summed E-state index contributed by atoms with van der Waals surface area (Å²) in [5.74, 6) is 0.277. The summed E-state index contributed by atoms with van der Waals surface area (Å²) in [5.41, 5.74) is 3.21. The fraction of sp³-hybridized carbons (Fsp3) is 0.682. The van der Waals surface area contributed by atoms with E-state index in [-0.39, 0.29) is 24.5 Å². The third-order valence-electron chi connectivity index (χ3n) is 5.26. The Kier molecular flexibility index (Phi) is 7.68. The van der Waals surface area contributed by atoms with E-state index in [1.54, 1.807) is 14.0 Å². The minimum atomic E-state index is -0.353. The molecule has 152 valence electrons. The first-order valence-electron chi connectivity index (χ1n) is 9.77. The molecule has 2 rings (SSSR count). The molecule has 0 N–H and O–H groups in total. The van der Waals surface area contributed by atoms with Gasteiger partial charge in [-0.1, -0.05) is 23.3 Å². The van der Waals surface area contributed by atoms with Crippen molar-refractivity contribution in [2.75, 3.05) is 13.9 Å². The maximum absolute atomic E-state index is 11.8. The molecule has 3 unspecified atom stereocenters. The van der Waals surface area contributed by atoms with E-state index in [1.807, 2.05) is 0 Å². The first-order valence-corrected chi connectivity index (χ1v) is 9.77. The van der Waals surface area contributed by atoms with Crippen LogP contribution in [0.4, 0.5) is 0 Å². The smallest absolute Gasteiger partial charge is 0.338 e. The van der Waals surface area contributed by atoms with Crippen LogP contribution in [0.15, 0.2) is 34.6 Å². The van der Waals surface area contributed by atoms with Crippen molar-refractivity contribution in [3.8, 4) is 0 Å². The van der Waals surface area contributed by atoms with Crippen molar-refractivity contribution in [2.24, 2.45) is 0 Å². The highest BCUT2D eigenvalue weighted by Gasteiger charge is 2.50. The van der Waals surface area contributed by atoms with Crippen molar-refractivity contribution in [3.63, 3.8) is 0 Å². The number of cyclic esters (lactones) is 1. The molecule has 0 saturated carbocycles. The van der Waals surface area contributed by atoms with Crippen molar-refractivity contribution in [1.29, 1.82) is 0 Å². The van der Waals surface area contributed by atoms with E-state index in [4.69, 9.17) is 18.9 Å². The zero-order valence-electron chi connectivity index (χ0n) is 17.6. The lowest BCUT2D eigenvalue weighted by Gasteiger charge is -2.13. The maximum Gasteiger partial charge on any atom is 0.338 e. The van der Waals surface area contributed by atoms with Crippen LogP contribution in [0.5, 0.6) is 0 Å². The summed E-state index contributed by atoms with van der Waals surface area (Å²) in [5, 5.41) is 0. The summed E-state index contributed by atoms with van der Waals surface area (Å²) < 4.78 is 21.8. The molecule has 1 fully saturated rings. The van der Waals surface area contributed by atoms with Crippen LogP contribution in [0.2, 0.25) is 0 Å². The third kappa shape index (κ3) is 6.22. The summed E-state index contributed by atoms with van der Waals surface area (Å²) >= 11 is 0. The largest absolute Gasteiger partial charge is 0.467 e. The molecule has 0 aromatic heterocycles. The summed E-state index contributed by atoms with van der Waals surface area (Å²) in [6.45, 7) is 10.4. The van der Waals surface area contributed by atoms with Gasteiger partial charge in [-0.15, -0.1) is 0 Å². The van der Waals surface area contributed by atoms with Gasteiger partial charge < -0.3 is 18.9 Å². The molecule has 2 heterocycles. The molecule has 0 aliphatic carbocycles. The molecule has 2 aliphatic rings. The molecular weight excluding hydrogens is 344 g/mol. The Morgan fingerprint density at radius 3 is 2.67 bits per heavy atom. The lowest BCUT2D eigenvalue weighted by Crippen LogP contribution is -2.13. The molecule has 3 atom stereocenters. The van der Waals surface area contributed by atoms with Crippen LogP contribution in [0.1, 0.15) is 66.7 Å². The van der Waals surface area contributed by atoms with Crippen LogP contribution >= 0.6 is 0 Å².